The first-order valence-electron chi connectivity index (χ1n) is 8.75. The molecule has 4 rings (SSSR count). The number of quaternary nitrogens is 1. The molecule has 7 heteroatoms. The van der Waals surface area contributed by atoms with E-state index in [1.165, 1.54) is 0 Å². The average Bonchev–Trinajstić information content (AvgIpc) is 2.73. The summed E-state index contributed by atoms with van der Waals surface area (Å²) in [6.45, 7) is 0.0463. The van der Waals surface area contributed by atoms with Crippen LogP contribution in [0.25, 0.3) is 11.1 Å². The molecular weight excluding hydrogens is 358 g/mol. The zero-order valence-electron chi connectivity index (χ0n) is 15.6. The molecule has 3 aromatic rings. The Kier molecular flexibility index (Phi) is 4.82. The Bertz CT molecular complexity index is 1010. The molecule has 3 N–H and O–H groups in total. The number of nitrogens with two attached hydrogens (primary N) is 1. The summed E-state index contributed by atoms with van der Waals surface area (Å²) in [5.74, 6) is 2.75. The van der Waals surface area contributed by atoms with E-state index in [1.807, 2.05) is 53.8 Å². The van der Waals surface area contributed by atoms with Crippen molar-refractivity contribution >= 4 is 23.1 Å². The van der Waals surface area contributed by atoms with Gasteiger partial charge in [-0.25, -0.2) is 4.98 Å². The summed E-state index contributed by atoms with van der Waals surface area (Å²) in [5, 5.41) is 4.79. The van der Waals surface area contributed by atoms with Crippen molar-refractivity contribution in [1.29, 1.82) is 0 Å². The molecule has 0 bridgehead atoms. The SMILES string of the molecule is COc1cc([NH2+]c2cc(-c3ccc4c(c3)NC(=O)CO4)ccn2)cc(OC)c1. The fraction of sp³-hybridized carbons (Fsp3) is 0.143. The van der Waals surface area contributed by atoms with E-state index < -0.39 is 0 Å². The van der Waals surface area contributed by atoms with Gasteiger partial charge < -0.3 is 19.5 Å². The lowest BCUT2D eigenvalue weighted by atomic mass is 10.1. The molecule has 1 aliphatic heterocycles. The topological polar surface area (TPSA) is 86.3 Å². The van der Waals surface area contributed by atoms with Gasteiger partial charge in [-0.3, -0.25) is 10.1 Å². The number of ether oxygens (including phenoxy) is 3. The number of anilines is 1. The highest BCUT2D eigenvalue weighted by molar-refractivity contribution is 5.96. The zero-order valence-corrected chi connectivity index (χ0v) is 15.6. The van der Waals surface area contributed by atoms with Crippen LogP contribution in [0.1, 0.15) is 0 Å². The van der Waals surface area contributed by atoms with E-state index in [0.29, 0.717) is 22.9 Å². The van der Waals surface area contributed by atoms with Gasteiger partial charge in [-0.1, -0.05) is 6.07 Å². The van der Waals surface area contributed by atoms with E-state index in [-0.39, 0.29) is 12.5 Å². The Morgan fingerprint density at radius 1 is 1.00 bits per heavy atom. The maximum atomic E-state index is 11.6. The lowest BCUT2D eigenvalue weighted by Gasteiger charge is -2.18. The largest absolute Gasteiger partial charge is 0.496 e. The normalized spacial score (nSPS) is 12.6. The summed E-state index contributed by atoms with van der Waals surface area (Å²) < 4.78 is 16.1. The predicted octanol–water partition coefficient (Wildman–Crippen LogP) is 2.62. The highest BCUT2D eigenvalue weighted by atomic mass is 16.5. The highest BCUT2D eigenvalue weighted by Crippen LogP contribution is 2.33. The molecule has 1 amide bonds. The summed E-state index contributed by atoms with van der Waals surface area (Å²) in [4.78, 5) is 16.0. The molecule has 28 heavy (non-hydrogen) atoms. The van der Waals surface area contributed by atoms with Crippen molar-refractivity contribution in [3.05, 3.63) is 54.7 Å². The molecule has 0 atom stereocenters. The number of hydrogen-bond acceptors (Lipinski definition) is 5. The first kappa shape index (κ1) is 17.8. The number of carbonyl (C=O) groups excluding carboxylic acids is 1. The summed E-state index contributed by atoms with van der Waals surface area (Å²) >= 11 is 0. The Hall–Kier alpha value is -3.58. The fourth-order valence-corrected chi connectivity index (χ4v) is 3.05. The van der Waals surface area contributed by atoms with Gasteiger partial charge in [0.15, 0.2) is 6.61 Å². The number of methoxy groups -OCH3 is 2. The van der Waals surface area contributed by atoms with Crippen molar-refractivity contribution in [2.45, 2.75) is 0 Å². The zero-order chi connectivity index (χ0) is 19.5. The van der Waals surface area contributed by atoms with Gasteiger partial charge in [0.25, 0.3) is 5.91 Å². The summed E-state index contributed by atoms with van der Waals surface area (Å²) in [6.07, 6.45) is 1.76. The molecule has 7 nitrogen and oxygen atoms in total. The van der Waals surface area contributed by atoms with Crippen LogP contribution in [0.4, 0.5) is 17.2 Å². The van der Waals surface area contributed by atoms with E-state index in [1.54, 1.807) is 20.4 Å². The van der Waals surface area contributed by atoms with Gasteiger partial charge in [0.2, 0.25) is 5.82 Å². The number of amides is 1. The van der Waals surface area contributed by atoms with E-state index >= 15 is 0 Å². The second kappa shape index (κ2) is 7.58. The first-order valence-corrected chi connectivity index (χ1v) is 8.75. The van der Waals surface area contributed by atoms with E-state index in [0.717, 1.165) is 22.6 Å². The first-order chi connectivity index (χ1) is 13.6. The third-order valence-electron chi connectivity index (χ3n) is 4.42. The molecule has 1 aromatic heterocycles. The van der Waals surface area contributed by atoms with Crippen LogP contribution in [0.5, 0.6) is 17.2 Å². The number of carbonyl (C=O) groups is 1. The van der Waals surface area contributed by atoms with Gasteiger partial charge in [-0.15, -0.1) is 0 Å². The standard InChI is InChI=1S/C21H19N3O4/c1-26-16-9-15(10-17(11-16)27-2)23-20-8-14(5-6-22-20)13-3-4-19-18(7-13)24-21(25)12-28-19/h3-11H,12H2,1-2H3,(H,22,23)(H,24,25)/p+1. The molecular formula is C21H20N3O4+. The van der Waals surface area contributed by atoms with Crippen molar-refractivity contribution in [1.82, 2.24) is 4.98 Å². The van der Waals surface area contributed by atoms with Crippen LogP contribution in [0, 0.1) is 0 Å². The minimum absolute atomic E-state index is 0.0463. The molecule has 2 heterocycles. The Labute approximate surface area is 162 Å². The molecule has 0 aliphatic carbocycles. The molecule has 0 radical (unpaired) electrons. The molecule has 1 aliphatic rings. The Morgan fingerprint density at radius 2 is 1.75 bits per heavy atom. The smallest absolute Gasteiger partial charge is 0.262 e. The second-order valence-electron chi connectivity index (χ2n) is 6.31. The van der Waals surface area contributed by atoms with E-state index in [9.17, 15) is 4.79 Å². The molecule has 0 unspecified atom stereocenters. The van der Waals surface area contributed by atoms with Gasteiger partial charge in [-0.05, 0) is 29.3 Å². The second-order valence-corrected chi connectivity index (χ2v) is 6.31. The average molecular weight is 378 g/mol. The van der Waals surface area contributed by atoms with Gasteiger partial charge in [0.05, 0.1) is 19.9 Å². The highest BCUT2D eigenvalue weighted by Gasteiger charge is 2.17. The molecule has 142 valence electrons. The van der Waals surface area contributed by atoms with Crippen LogP contribution in [-0.4, -0.2) is 31.7 Å². The minimum atomic E-state index is -0.152. The van der Waals surface area contributed by atoms with E-state index in [4.69, 9.17) is 14.2 Å². The maximum Gasteiger partial charge on any atom is 0.262 e. The summed E-state index contributed by atoms with van der Waals surface area (Å²) in [7, 11) is 3.24. The lowest BCUT2D eigenvalue weighted by molar-refractivity contribution is -0.483. The quantitative estimate of drug-likeness (QED) is 0.667. The number of benzene rings is 2. The lowest BCUT2D eigenvalue weighted by Crippen LogP contribution is -2.71. The van der Waals surface area contributed by atoms with Gasteiger partial charge in [0, 0.05) is 30.5 Å². The van der Waals surface area contributed by atoms with Gasteiger partial charge >= 0.3 is 0 Å². The van der Waals surface area contributed by atoms with Crippen LogP contribution >= 0.6 is 0 Å². The monoisotopic (exact) mass is 378 g/mol. The third-order valence-corrected chi connectivity index (χ3v) is 4.42. The van der Waals surface area contributed by atoms with Gasteiger partial charge in [0.1, 0.15) is 22.9 Å². The minimum Gasteiger partial charge on any atom is -0.496 e. The van der Waals surface area contributed by atoms with Gasteiger partial charge in [-0.2, -0.15) is 0 Å². The molecule has 0 saturated carbocycles. The van der Waals surface area contributed by atoms with Crippen molar-refractivity contribution < 1.29 is 24.3 Å². The molecule has 0 fully saturated rings. The van der Waals surface area contributed by atoms with Crippen LogP contribution in [0.15, 0.2) is 54.7 Å². The number of fused-ring (bicyclic) bond motifs is 1. The van der Waals surface area contributed by atoms with Crippen LogP contribution < -0.4 is 24.8 Å². The number of hydrogen-bond donors (Lipinski definition) is 2. The van der Waals surface area contributed by atoms with E-state index in [2.05, 4.69) is 10.3 Å². The van der Waals surface area contributed by atoms with Crippen molar-refractivity contribution in [2.75, 3.05) is 26.1 Å². The van der Waals surface area contributed by atoms with Crippen molar-refractivity contribution in [2.24, 2.45) is 0 Å². The van der Waals surface area contributed by atoms with Crippen LogP contribution in [-0.2, 0) is 4.79 Å². The predicted molar refractivity (Wildman–Crippen MR) is 105 cm³/mol. The summed E-state index contributed by atoms with van der Waals surface area (Å²) in [5.41, 5.74) is 3.55. The molecule has 2 aromatic carbocycles. The van der Waals surface area contributed by atoms with Crippen LogP contribution in [0.2, 0.25) is 0 Å². The molecule has 0 spiro atoms. The number of rotatable bonds is 5. The Morgan fingerprint density at radius 3 is 2.50 bits per heavy atom. The number of nitrogens with one attached hydrogen (secondary N) is 1. The number of pyridine rings is 1. The number of aromatic nitrogens is 1. The third kappa shape index (κ3) is 3.74. The molecule has 0 saturated heterocycles. The number of nitrogens with zero attached hydrogens (tertiary/aromatic N) is 1. The van der Waals surface area contributed by atoms with Crippen molar-refractivity contribution in [3.63, 3.8) is 0 Å². The Balaban J connectivity index is 1.62. The fourth-order valence-electron chi connectivity index (χ4n) is 3.05. The van der Waals surface area contributed by atoms with Crippen LogP contribution in [0.3, 0.4) is 0 Å². The van der Waals surface area contributed by atoms with Crippen molar-refractivity contribution in [3.8, 4) is 28.4 Å². The summed E-state index contributed by atoms with van der Waals surface area (Å²) in [6, 6.07) is 15.3. The maximum absolute atomic E-state index is 11.6.